The number of halogens is 2. The van der Waals surface area contributed by atoms with Crippen LogP contribution in [0.1, 0.15) is 18.4 Å². The highest BCUT2D eigenvalue weighted by atomic mass is 19.1. The maximum Gasteiger partial charge on any atom is 0.224 e. The molecule has 1 aromatic rings. The van der Waals surface area contributed by atoms with Gasteiger partial charge in [-0.05, 0) is 25.0 Å². The number of nitrogens with zero attached hydrogens (tertiary/aromatic N) is 2. The van der Waals surface area contributed by atoms with Crippen LogP contribution in [0.5, 0.6) is 0 Å². The van der Waals surface area contributed by atoms with Crippen molar-refractivity contribution >= 4 is 5.91 Å². The van der Waals surface area contributed by atoms with Crippen molar-refractivity contribution in [2.75, 3.05) is 19.6 Å². The van der Waals surface area contributed by atoms with Crippen molar-refractivity contribution in [3.8, 4) is 6.07 Å². The van der Waals surface area contributed by atoms with Gasteiger partial charge < -0.3 is 5.32 Å². The standard InChI is InChI=1S/C15H17F2N3O/c16-13-2-1-3-14(17)12(13)10-15(21)19-11-4-7-20(8-5-11)9-6-18/h1-3,11H,4-5,7-10H2,(H,19,21). The lowest BCUT2D eigenvalue weighted by Crippen LogP contribution is -2.45. The minimum absolute atomic E-state index is 0.00211. The van der Waals surface area contributed by atoms with Crippen LogP contribution in [-0.2, 0) is 11.2 Å². The van der Waals surface area contributed by atoms with E-state index in [9.17, 15) is 13.6 Å². The Morgan fingerprint density at radius 1 is 1.33 bits per heavy atom. The minimum Gasteiger partial charge on any atom is -0.353 e. The van der Waals surface area contributed by atoms with Crippen molar-refractivity contribution in [3.05, 3.63) is 35.4 Å². The Hall–Kier alpha value is -2.00. The monoisotopic (exact) mass is 293 g/mol. The molecule has 1 saturated heterocycles. The Labute approximate surface area is 122 Å². The van der Waals surface area contributed by atoms with Crippen molar-refractivity contribution in [2.24, 2.45) is 0 Å². The van der Waals surface area contributed by atoms with E-state index in [1.54, 1.807) is 0 Å². The van der Waals surface area contributed by atoms with Gasteiger partial charge in [0.1, 0.15) is 11.6 Å². The van der Waals surface area contributed by atoms with E-state index in [0.717, 1.165) is 38.1 Å². The molecule has 1 fully saturated rings. The van der Waals surface area contributed by atoms with Crippen LogP contribution < -0.4 is 5.32 Å². The number of nitriles is 1. The van der Waals surface area contributed by atoms with E-state index in [0.29, 0.717) is 6.54 Å². The fourth-order valence-electron chi connectivity index (χ4n) is 2.48. The molecule has 6 heteroatoms. The zero-order valence-corrected chi connectivity index (χ0v) is 11.6. The predicted octanol–water partition coefficient (Wildman–Crippen LogP) is 1.61. The quantitative estimate of drug-likeness (QED) is 0.858. The molecule has 0 atom stereocenters. The molecular formula is C15H17F2N3O. The first kappa shape index (κ1) is 15.4. The summed E-state index contributed by atoms with van der Waals surface area (Å²) >= 11 is 0. The molecule has 112 valence electrons. The molecule has 21 heavy (non-hydrogen) atoms. The fourth-order valence-corrected chi connectivity index (χ4v) is 2.48. The molecule has 1 amide bonds. The number of piperidine rings is 1. The third-order valence-corrected chi connectivity index (χ3v) is 3.65. The third-order valence-electron chi connectivity index (χ3n) is 3.65. The van der Waals surface area contributed by atoms with Gasteiger partial charge in [0.05, 0.1) is 19.0 Å². The van der Waals surface area contributed by atoms with Crippen LogP contribution in [0.4, 0.5) is 8.78 Å². The Kier molecular flexibility index (Phi) is 5.23. The van der Waals surface area contributed by atoms with Crippen molar-refractivity contribution in [3.63, 3.8) is 0 Å². The third kappa shape index (κ3) is 4.23. The average molecular weight is 293 g/mol. The first-order valence-electron chi connectivity index (χ1n) is 6.91. The highest BCUT2D eigenvalue weighted by Crippen LogP contribution is 2.14. The molecule has 1 aliphatic heterocycles. The van der Waals surface area contributed by atoms with Gasteiger partial charge in [-0.25, -0.2) is 8.78 Å². The normalized spacial score (nSPS) is 16.4. The lowest BCUT2D eigenvalue weighted by atomic mass is 10.0. The molecule has 1 aromatic carbocycles. The van der Waals surface area contributed by atoms with Crippen molar-refractivity contribution in [2.45, 2.75) is 25.3 Å². The second kappa shape index (κ2) is 7.14. The summed E-state index contributed by atoms with van der Waals surface area (Å²) in [6.45, 7) is 1.88. The van der Waals surface area contributed by atoms with Gasteiger partial charge in [-0.3, -0.25) is 9.69 Å². The molecule has 0 spiro atoms. The molecule has 0 aliphatic carbocycles. The van der Waals surface area contributed by atoms with Crippen molar-refractivity contribution in [1.82, 2.24) is 10.2 Å². The Morgan fingerprint density at radius 3 is 2.52 bits per heavy atom. The Balaban J connectivity index is 1.85. The number of carbonyl (C=O) groups is 1. The zero-order valence-electron chi connectivity index (χ0n) is 11.6. The van der Waals surface area contributed by atoms with E-state index < -0.39 is 11.6 Å². The molecule has 1 aliphatic rings. The second-order valence-corrected chi connectivity index (χ2v) is 5.15. The van der Waals surface area contributed by atoms with Crippen molar-refractivity contribution < 1.29 is 13.6 Å². The average Bonchev–Trinajstić information content (AvgIpc) is 2.45. The molecule has 2 rings (SSSR count). The van der Waals surface area contributed by atoms with Crippen molar-refractivity contribution in [1.29, 1.82) is 5.26 Å². The zero-order chi connectivity index (χ0) is 15.2. The number of rotatable bonds is 4. The lowest BCUT2D eigenvalue weighted by Gasteiger charge is -2.30. The first-order valence-corrected chi connectivity index (χ1v) is 6.91. The number of carbonyl (C=O) groups excluding carboxylic acids is 1. The minimum atomic E-state index is -0.700. The number of likely N-dealkylation sites (tertiary alicyclic amines) is 1. The number of hydrogen-bond acceptors (Lipinski definition) is 3. The molecule has 1 heterocycles. The van der Waals surface area contributed by atoms with Crippen LogP contribution >= 0.6 is 0 Å². The van der Waals surface area contributed by atoms with Crippen LogP contribution in [0.15, 0.2) is 18.2 Å². The predicted molar refractivity (Wildman–Crippen MR) is 73.3 cm³/mol. The molecule has 0 saturated carbocycles. The van der Waals surface area contributed by atoms with Crippen LogP contribution in [-0.4, -0.2) is 36.5 Å². The summed E-state index contributed by atoms with van der Waals surface area (Å²) in [6.07, 6.45) is 1.19. The summed E-state index contributed by atoms with van der Waals surface area (Å²) in [6, 6.07) is 5.66. The smallest absolute Gasteiger partial charge is 0.224 e. The second-order valence-electron chi connectivity index (χ2n) is 5.15. The lowest BCUT2D eigenvalue weighted by molar-refractivity contribution is -0.121. The van der Waals surface area contributed by atoms with Gasteiger partial charge in [0.2, 0.25) is 5.91 Å². The topological polar surface area (TPSA) is 56.1 Å². The SMILES string of the molecule is N#CCN1CCC(NC(=O)Cc2c(F)cccc2F)CC1. The summed E-state index contributed by atoms with van der Waals surface area (Å²) in [5.41, 5.74) is -0.197. The molecule has 1 N–H and O–H groups in total. The fraction of sp³-hybridized carbons (Fsp3) is 0.467. The van der Waals surface area contributed by atoms with Gasteiger partial charge >= 0.3 is 0 Å². The number of nitrogens with one attached hydrogen (secondary N) is 1. The van der Waals surface area contributed by atoms with Crippen LogP contribution in [0.25, 0.3) is 0 Å². The summed E-state index contributed by atoms with van der Waals surface area (Å²) in [7, 11) is 0. The first-order chi connectivity index (χ1) is 10.1. The molecule has 0 unspecified atom stereocenters. The van der Waals surface area contributed by atoms with Crippen LogP contribution in [0.3, 0.4) is 0 Å². The molecular weight excluding hydrogens is 276 g/mol. The van der Waals surface area contributed by atoms with Crippen LogP contribution in [0, 0.1) is 23.0 Å². The van der Waals surface area contributed by atoms with Gasteiger partial charge in [0.15, 0.2) is 0 Å². The number of hydrogen-bond donors (Lipinski definition) is 1. The molecule has 0 bridgehead atoms. The van der Waals surface area contributed by atoms with Gasteiger partial charge in [-0.15, -0.1) is 0 Å². The van der Waals surface area contributed by atoms with Gasteiger partial charge in [0, 0.05) is 24.7 Å². The van der Waals surface area contributed by atoms with E-state index in [1.165, 1.54) is 6.07 Å². The number of amides is 1. The Bertz CT molecular complexity index is 528. The van der Waals surface area contributed by atoms with E-state index in [4.69, 9.17) is 5.26 Å². The molecule has 0 aromatic heterocycles. The van der Waals surface area contributed by atoms with E-state index in [1.807, 2.05) is 4.90 Å². The van der Waals surface area contributed by atoms with E-state index in [2.05, 4.69) is 11.4 Å². The van der Waals surface area contributed by atoms with Gasteiger partial charge in [0.25, 0.3) is 0 Å². The summed E-state index contributed by atoms with van der Waals surface area (Å²) in [5.74, 6) is -1.78. The molecule has 0 radical (unpaired) electrons. The highest BCUT2D eigenvalue weighted by molar-refractivity contribution is 5.79. The number of benzene rings is 1. The summed E-state index contributed by atoms with van der Waals surface area (Å²) in [4.78, 5) is 13.9. The molecule has 4 nitrogen and oxygen atoms in total. The highest BCUT2D eigenvalue weighted by Gasteiger charge is 2.21. The van der Waals surface area contributed by atoms with E-state index >= 15 is 0 Å². The maximum atomic E-state index is 13.5. The van der Waals surface area contributed by atoms with Crippen LogP contribution in [0.2, 0.25) is 0 Å². The maximum absolute atomic E-state index is 13.5. The van der Waals surface area contributed by atoms with E-state index in [-0.39, 0.29) is 23.9 Å². The van der Waals surface area contributed by atoms with Gasteiger partial charge in [-0.1, -0.05) is 6.07 Å². The largest absolute Gasteiger partial charge is 0.353 e. The summed E-state index contributed by atoms with van der Waals surface area (Å²) < 4.78 is 26.9. The summed E-state index contributed by atoms with van der Waals surface area (Å²) in [5, 5.41) is 11.4. The Morgan fingerprint density at radius 2 is 1.95 bits per heavy atom. The van der Waals surface area contributed by atoms with Gasteiger partial charge in [-0.2, -0.15) is 5.26 Å².